The van der Waals surface area contributed by atoms with Crippen molar-refractivity contribution in [2.24, 2.45) is 0 Å². The van der Waals surface area contributed by atoms with E-state index in [2.05, 4.69) is 38.3 Å². The molecular formula is C15H23N5O. The zero-order valence-electron chi connectivity index (χ0n) is 12.9. The molecule has 114 valence electrons. The molecule has 1 atom stereocenters. The number of aromatic amines is 1. The van der Waals surface area contributed by atoms with Crippen LogP contribution in [0.3, 0.4) is 0 Å². The summed E-state index contributed by atoms with van der Waals surface area (Å²) in [5.41, 5.74) is 1.08. The van der Waals surface area contributed by atoms with Crippen LogP contribution >= 0.6 is 0 Å². The average molecular weight is 289 g/mol. The van der Waals surface area contributed by atoms with Crippen LogP contribution < -0.4 is 0 Å². The van der Waals surface area contributed by atoms with E-state index in [1.807, 2.05) is 25.5 Å². The minimum Gasteiger partial charge on any atom is -0.378 e. The van der Waals surface area contributed by atoms with Crippen molar-refractivity contribution < 1.29 is 4.74 Å². The number of nitrogens with one attached hydrogen (secondary N) is 1. The SMILES string of the molecule is Cc1cnc(C2COCCN2Cc2nccn2C(C)C)[nH]1. The Morgan fingerprint density at radius 2 is 2.29 bits per heavy atom. The number of ether oxygens (including phenoxy) is 1. The number of imidazole rings is 2. The second kappa shape index (κ2) is 5.99. The fraction of sp³-hybridized carbons (Fsp3) is 0.600. The Morgan fingerprint density at radius 1 is 1.43 bits per heavy atom. The molecule has 0 saturated carbocycles. The lowest BCUT2D eigenvalue weighted by atomic mass is 10.2. The van der Waals surface area contributed by atoms with Crippen molar-refractivity contribution in [2.75, 3.05) is 19.8 Å². The van der Waals surface area contributed by atoms with Gasteiger partial charge in [-0.15, -0.1) is 0 Å². The molecule has 0 aromatic carbocycles. The molecule has 6 heteroatoms. The summed E-state index contributed by atoms with van der Waals surface area (Å²) in [4.78, 5) is 14.7. The molecule has 0 radical (unpaired) electrons. The maximum Gasteiger partial charge on any atom is 0.126 e. The van der Waals surface area contributed by atoms with Gasteiger partial charge in [-0.05, 0) is 20.8 Å². The molecule has 0 spiro atoms. The second-order valence-corrected chi connectivity index (χ2v) is 5.86. The molecule has 1 N–H and O–H groups in total. The van der Waals surface area contributed by atoms with Crippen molar-refractivity contribution in [1.82, 2.24) is 24.4 Å². The van der Waals surface area contributed by atoms with Gasteiger partial charge in [-0.3, -0.25) is 4.90 Å². The van der Waals surface area contributed by atoms with Gasteiger partial charge in [-0.2, -0.15) is 0 Å². The number of aromatic nitrogens is 4. The van der Waals surface area contributed by atoms with Gasteiger partial charge in [0.25, 0.3) is 0 Å². The van der Waals surface area contributed by atoms with Gasteiger partial charge >= 0.3 is 0 Å². The third kappa shape index (κ3) is 3.01. The van der Waals surface area contributed by atoms with E-state index in [-0.39, 0.29) is 6.04 Å². The van der Waals surface area contributed by atoms with Crippen molar-refractivity contribution in [3.05, 3.63) is 35.9 Å². The van der Waals surface area contributed by atoms with Gasteiger partial charge in [-0.1, -0.05) is 0 Å². The lowest BCUT2D eigenvalue weighted by Gasteiger charge is -2.34. The van der Waals surface area contributed by atoms with Gasteiger partial charge in [0.05, 0.1) is 25.8 Å². The molecule has 1 fully saturated rings. The van der Waals surface area contributed by atoms with E-state index in [4.69, 9.17) is 4.74 Å². The summed E-state index contributed by atoms with van der Waals surface area (Å²) in [5, 5.41) is 0. The quantitative estimate of drug-likeness (QED) is 0.936. The molecule has 1 saturated heterocycles. The lowest BCUT2D eigenvalue weighted by molar-refractivity contribution is -0.0173. The van der Waals surface area contributed by atoms with E-state index in [1.165, 1.54) is 0 Å². The Balaban J connectivity index is 1.80. The number of H-pyrrole nitrogens is 1. The smallest absolute Gasteiger partial charge is 0.126 e. The van der Waals surface area contributed by atoms with E-state index in [0.717, 1.165) is 37.0 Å². The van der Waals surface area contributed by atoms with Crippen molar-refractivity contribution in [3.63, 3.8) is 0 Å². The molecule has 2 aromatic heterocycles. The van der Waals surface area contributed by atoms with Gasteiger partial charge in [0.1, 0.15) is 11.6 Å². The predicted molar refractivity (Wildman–Crippen MR) is 79.9 cm³/mol. The Morgan fingerprint density at radius 3 is 3.00 bits per heavy atom. The van der Waals surface area contributed by atoms with E-state index in [1.54, 1.807) is 0 Å². The van der Waals surface area contributed by atoms with Gasteiger partial charge in [-0.25, -0.2) is 9.97 Å². The van der Waals surface area contributed by atoms with Crippen LogP contribution in [0.4, 0.5) is 0 Å². The Hall–Kier alpha value is -1.66. The molecular weight excluding hydrogens is 266 g/mol. The zero-order valence-corrected chi connectivity index (χ0v) is 12.9. The van der Waals surface area contributed by atoms with Crippen molar-refractivity contribution >= 4 is 0 Å². The number of rotatable bonds is 4. The Kier molecular flexibility index (Phi) is 4.07. The number of aryl methyl sites for hydroxylation is 1. The molecule has 0 amide bonds. The normalized spacial score (nSPS) is 20.3. The van der Waals surface area contributed by atoms with Crippen LogP contribution in [0, 0.1) is 6.92 Å². The first-order valence-corrected chi connectivity index (χ1v) is 7.50. The highest BCUT2D eigenvalue weighted by Crippen LogP contribution is 2.24. The number of morpholine rings is 1. The minimum absolute atomic E-state index is 0.171. The summed E-state index contributed by atoms with van der Waals surface area (Å²) in [6, 6.07) is 0.595. The van der Waals surface area contributed by atoms with Crippen molar-refractivity contribution in [3.8, 4) is 0 Å². The van der Waals surface area contributed by atoms with Gasteiger partial charge in [0.2, 0.25) is 0 Å². The van der Waals surface area contributed by atoms with Crippen LogP contribution in [0.15, 0.2) is 18.6 Å². The third-order valence-electron chi connectivity index (χ3n) is 3.93. The standard InChI is InChI=1S/C15H23N5O/c1-11(2)20-5-4-16-14(20)9-19-6-7-21-10-13(19)15-17-8-12(3)18-15/h4-5,8,11,13H,6-7,9-10H2,1-3H3,(H,17,18). The summed E-state index contributed by atoms with van der Waals surface area (Å²) < 4.78 is 7.87. The summed E-state index contributed by atoms with van der Waals surface area (Å²) in [6.45, 7) is 9.54. The van der Waals surface area contributed by atoms with Gasteiger partial charge in [0.15, 0.2) is 0 Å². The third-order valence-corrected chi connectivity index (χ3v) is 3.93. The van der Waals surface area contributed by atoms with Crippen LogP contribution in [0.2, 0.25) is 0 Å². The second-order valence-electron chi connectivity index (χ2n) is 5.86. The molecule has 3 heterocycles. The van der Waals surface area contributed by atoms with Gasteiger partial charge in [0, 0.05) is 36.9 Å². The highest BCUT2D eigenvalue weighted by atomic mass is 16.5. The first-order valence-electron chi connectivity index (χ1n) is 7.50. The molecule has 0 aliphatic carbocycles. The molecule has 1 unspecified atom stereocenters. The van der Waals surface area contributed by atoms with Crippen LogP contribution in [0.5, 0.6) is 0 Å². The summed E-state index contributed by atoms with van der Waals surface area (Å²) in [6.07, 6.45) is 5.80. The predicted octanol–water partition coefficient (Wildman–Crippen LogP) is 2.07. The lowest BCUT2D eigenvalue weighted by Crippen LogP contribution is -2.40. The average Bonchev–Trinajstić information content (AvgIpc) is 3.08. The van der Waals surface area contributed by atoms with Crippen LogP contribution in [0.25, 0.3) is 0 Å². The monoisotopic (exact) mass is 289 g/mol. The van der Waals surface area contributed by atoms with E-state index >= 15 is 0 Å². The number of hydrogen-bond acceptors (Lipinski definition) is 4. The molecule has 3 rings (SSSR count). The number of nitrogens with zero attached hydrogens (tertiary/aromatic N) is 4. The van der Waals surface area contributed by atoms with E-state index < -0.39 is 0 Å². The van der Waals surface area contributed by atoms with E-state index in [9.17, 15) is 0 Å². The van der Waals surface area contributed by atoms with E-state index in [0.29, 0.717) is 12.6 Å². The number of hydrogen-bond donors (Lipinski definition) is 1. The summed E-state index contributed by atoms with van der Waals surface area (Å²) in [5.74, 6) is 2.08. The van der Waals surface area contributed by atoms with Crippen LogP contribution in [0.1, 0.15) is 43.3 Å². The fourth-order valence-electron chi connectivity index (χ4n) is 2.80. The molecule has 2 aromatic rings. The van der Waals surface area contributed by atoms with Crippen molar-refractivity contribution in [1.29, 1.82) is 0 Å². The molecule has 0 bridgehead atoms. The molecule has 1 aliphatic rings. The fourth-order valence-corrected chi connectivity index (χ4v) is 2.80. The first-order chi connectivity index (χ1) is 10.1. The summed E-state index contributed by atoms with van der Waals surface area (Å²) >= 11 is 0. The van der Waals surface area contributed by atoms with Gasteiger partial charge < -0.3 is 14.3 Å². The summed E-state index contributed by atoms with van der Waals surface area (Å²) in [7, 11) is 0. The molecule has 21 heavy (non-hydrogen) atoms. The zero-order chi connectivity index (χ0) is 14.8. The highest BCUT2D eigenvalue weighted by Gasteiger charge is 2.28. The molecule has 1 aliphatic heterocycles. The Bertz CT molecular complexity index is 588. The Labute approximate surface area is 125 Å². The molecule has 6 nitrogen and oxygen atoms in total. The van der Waals surface area contributed by atoms with Crippen molar-refractivity contribution in [2.45, 2.75) is 39.4 Å². The maximum atomic E-state index is 5.64. The maximum absolute atomic E-state index is 5.64. The highest BCUT2D eigenvalue weighted by molar-refractivity contribution is 5.05. The van der Waals surface area contributed by atoms with Crippen LogP contribution in [-0.4, -0.2) is 44.2 Å². The topological polar surface area (TPSA) is 59.0 Å². The largest absolute Gasteiger partial charge is 0.378 e. The first kappa shape index (κ1) is 14.3. The minimum atomic E-state index is 0.171. The van der Waals surface area contributed by atoms with Crippen LogP contribution in [-0.2, 0) is 11.3 Å².